The van der Waals surface area contributed by atoms with Gasteiger partial charge < -0.3 is 5.73 Å². The Labute approximate surface area is 110 Å². The van der Waals surface area contributed by atoms with Crippen molar-refractivity contribution in [2.75, 3.05) is 13.6 Å². The summed E-state index contributed by atoms with van der Waals surface area (Å²) in [7, 11) is 2.16. The van der Waals surface area contributed by atoms with Crippen molar-refractivity contribution in [3.63, 3.8) is 0 Å². The Kier molecular flexibility index (Phi) is 7.00. The summed E-state index contributed by atoms with van der Waals surface area (Å²) in [6.07, 6.45) is 2.37. The topological polar surface area (TPSA) is 29.3 Å². The maximum absolute atomic E-state index is 6.16. The normalized spacial score (nSPS) is 25.4. The Hall–Kier alpha value is -0.280. The maximum Gasteiger partial charge on any atom is 0.0496 e. The first-order chi connectivity index (χ1) is 6.79. The van der Waals surface area contributed by atoms with E-state index >= 15 is 0 Å². The number of rotatable bonds is 1. The first-order valence-electron chi connectivity index (χ1n) is 5.30. The molecular weight excluding hydrogens is 243 g/mol. The van der Waals surface area contributed by atoms with Crippen LogP contribution in [0.4, 0.5) is 0 Å². The molecule has 0 amide bonds. The van der Waals surface area contributed by atoms with Gasteiger partial charge in [-0.25, -0.2) is 0 Å². The molecule has 0 saturated carbocycles. The smallest absolute Gasteiger partial charge is 0.0496 e. The molecule has 0 aliphatic carbocycles. The molecule has 0 spiro atoms. The second kappa shape index (κ2) is 7.13. The van der Waals surface area contributed by atoms with Crippen LogP contribution < -0.4 is 5.73 Å². The summed E-state index contributed by atoms with van der Waals surface area (Å²) in [6, 6.07) is 11.3. The van der Waals surface area contributed by atoms with Gasteiger partial charge in [0.25, 0.3) is 0 Å². The highest BCUT2D eigenvalue weighted by Crippen LogP contribution is 2.28. The predicted molar refractivity (Wildman–Crippen MR) is 73.5 cm³/mol. The van der Waals surface area contributed by atoms with Crippen molar-refractivity contribution in [2.24, 2.45) is 5.73 Å². The number of nitrogens with two attached hydrogens (primary N) is 1. The fraction of sp³-hybridized carbons (Fsp3) is 0.500. The Morgan fingerprint density at radius 1 is 1.19 bits per heavy atom. The Morgan fingerprint density at radius 2 is 1.81 bits per heavy atom. The molecule has 2 rings (SSSR count). The zero-order chi connectivity index (χ0) is 9.97. The lowest BCUT2D eigenvalue weighted by molar-refractivity contribution is 0.163. The first-order valence-corrected chi connectivity index (χ1v) is 5.30. The van der Waals surface area contributed by atoms with Crippen LogP contribution in [0.2, 0.25) is 0 Å². The van der Waals surface area contributed by atoms with Gasteiger partial charge in [-0.3, -0.25) is 4.90 Å². The number of piperidine rings is 1. The first kappa shape index (κ1) is 15.7. The lowest BCUT2D eigenvalue weighted by atomic mass is 9.91. The van der Waals surface area contributed by atoms with E-state index in [9.17, 15) is 0 Å². The van der Waals surface area contributed by atoms with Crippen molar-refractivity contribution in [3.05, 3.63) is 35.9 Å². The molecule has 1 aromatic carbocycles. The van der Waals surface area contributed by atoms with E-state index in [-0.39, 0.29) is 30.9 Å². The molecule has 1 heterocycles. The van der Waals surface area contributed by atoms with E-state index in [1.807, 2.05) is 0 Å². The molecule has 0 radical (unpaired) electrons. The zero-order valence-electron chi connectivity index (χ0n) is 9.50. The van der Waals surface area contributed by atoms with Crippen LogP contribution in [0.15, 0.2) is 30.3 Å². The van der Waals surface area contributed by atoms with E-state index in [0.29, 0.717) is 6.04 Å². The molecule has 2 unspecified atom stereocenters. The summed E-state index contributed by atoms with van der Waals surface area (Å²) in [5.41, 5.74) is 7.51. The van der Waals surface area contributed by atoms with Crippen molar-refractivity contribution in [1.82, 2.24) is 4.90 Å². The second-order valence-electron chi connectivity index (χ2n) is 4.14. The van der Waals surface area contributed by atoms with Gasteiger partial charge in [0.05, 0.1) is 0 Å². The molecule has 1 aliphatic rings. The van der Waals surface area contributed by atoms with E-state index in [4.69, 9.17) is 5.73 Å². The molecule has 92 valence electrons. The Balaban J connectivity index is 0.00000112. The largest absolute Gasteiger partial charge is 0.326 e. The summed E-state index contributed by atoms with van der Waals surface area (Å²) in [4.78, 5) is 2.36. The van der Waals surface area contributed by atoms with Gasteiger partial charge in [0.15, 0.2) is 0 Å². The number of likely N-dealkylation sites (N-methyl/N-ethyl adjacent to an activating group) is 1. The van der Waals surface area contributed by atoms with Crippen LogP contribution in [0.25, 0.3) is 0 Å². The highest BCUT2D eigenvalue weighted by Gasteiger charge is 2.27. The molecule has 1 aliphatic heterocycles. The van der Waals surface area contributed by atoms with Gasteiger partial charge in [0, 0.05) is 12.1 Å². The number of likely N-dealkylation sites (tertiary alicyclic amines) is 1. The third-order valence-electron chi connectivity index (χ3n) is 3.07. The van der Waals surface area contributed by atoms with Crippen molar-refractivity contribution in [2.45, 2.75) is 24.9 Å². The van der Waals surface area contributed by atoms with Gasteiger partial charge in [0.1, 0.15) is 0 Å². The van der Waals surface area contributed by atoms with Crippen molar-refractivity contribution in [1.29, 1.82) is 0 Å². The Morgan fingerprint density at radius 3 is 2.38 bits per heavy atom. The summed E-state index contributed by atoms with van der Waals surface area (Å²) >= 11 is 0. The van der Waals surface area contributed by atoms with Crippen molar-refractivity contribution < 1.29 is 0 Å². The molecule has 1 saturated heterocycles. The molecule has 1 aromatic rings. The van der Waals surface area contributed by atoms with Crippen LogP contribution in [0.5, 0.6) is 0 Å². The molecule has 4 heteroatoms. The van der Waals surface area contributed by atoms with Gasteiger partial charge in [-0.05, 0) is 32.0 Å². The van der Waals surface area contributed by atoms with Crippen LogP contribution >= 0.6 is 24.8 Å². The number of nitrogens with zero attached hydrogens (tertiary/aromatic N) is 1. The molecular formula is C12H20Cl2N2. The van der Waals surface area contributed by atoms with E-state index in [0.717, 1.165) is 13.0 Å². The molecule has 2 atom stereocenters. The standard InChI is InChI=1S/C12H18N2.2ClH/c1-14-9-5-8-11(13)12(14)10-6-3-2-4-7-10;;/h2-4,6-7,11-12H,5,8-9,13H2,1H3;2*1H. The van der Waals surface area contributed by atoms with Crippen molar-refractivity contribution >= 4 is 24.8 Å². The third kappa shape index (κ3) is 3.36. The van der Waals surface area contributed by atoms with Gasteiger partial charge in [-0.1, -0.05) is 30.3 Å². The monoisotopic (exact) mass is 262 g/mol. The molecule has 16 heavy (non-hydrogen) atoms. The quantitative estimate of drug-likeness (QED) is 0.844. The van der Waals surface area contributed by atoms with Gasteiger partial charge in [-0.2, -0.15) is 0 Å². The molecule has 2 nitrogen and oxygen atoms in total. The van der Waals surface area contributed by atoms with Crippen LogP contribution in [0, 0.1) is 0 Å². The fourth-order valence-electron chi connectivity index (χ4n) is 2.35. The summed E-state index contributed by atoms with van der Waals surface area (Å²) < 4.78 is 0. The highest BCUT2D eigenvalue weighted by molar-refractivity contribution is 5.85. The van der Waals surface area contributed by atoms with E-state index in [2.05, 4.69) is 42.3 Å². The highest BCUT2D eigenvalue weighted by atomic mass is 35.5. The minimum absolute atomic E-state index is 0. The average Bonchev–Trinajstić information content (AvgIpc) is 2.19. The molecule has 0 bridgehead atoms. The van der Waals surface area contributed by atoms with Crippen LogP contribution in [0.1, 0.15) is 24.4 Å². The molecule has 0 aromatic heterocycles. The van der Waals surface area contributed by atoms with E-state index in [1.165, 1.54) is 12.0 Å². The second-order valence-corrected chi connectivity index (χ2v) is 4.14. The van der Waals surface area contributed by atoms with Crippen LogP contribution in [0.3, 0.4) is 0 Å². The van der Waals surface area contributed by atoms with Gasteiger partial charge >= 0.3 is 0 Å². The number of benzene rings is 1. The minimum atomic E-state index is 0. The third-order valence-corrected chi connectivity index (χ3v) is 3.07. The Bertz CT molecular complexity index is 282. The van der Waals surface area contributed by atoms with Crippen LogP contribution in [-0.4, -0.2) is 24.5 Å². The molecule has 2 N–H and O–H groups in total. The zero-order valence-corrected chi connectivity index (χ0v) is 11.1. The van der Waals surface area contributed by atoms with Crippen molar-refractivity contribution in [3.8, 4) is 0 Å². The summed E-state index contributed by atoms with van der Waals surface area (Å²) in [5.74, 6) is 0. The average molecular weight is 263 g/mol. The van der Waals surface area contributed by atoms with Gasteiger partial charge in [-0.15, -0.1) is 24.8 Å². The van der Waals surface area contributed by atoms with E-state index in [1.54, 1.807) is 0 Å². The number of hydrogen-bond acceptors (Lipinski definition) is 2. The lowest BCUT2D eigenvalue weighted by Crippen LogP contribution is -2.43. The minimum Gasteiger partial charge on any atom is -0.326 e. The van der Waals surface area contributed by atoms with Gasteiger partial charge in [0.2, 0.25) is 0 Å². The summed E-state index contributed by atoms with van der Waals surface area (Å²) in [5, 5.41) is 0. The molecule has 1 fully saturated rings. The number of hydrogen-bond donors (Lipinski definition) is 1. The predicted octanol–water partition coefficient (Wildman–Crippen LogP) is 2.62. The fourth-order valence-corrected chi connectivity index (χ4v) is 2.35. The maximum atomic E-state index is 6.16. The lowest BCUT2D eigenvalue weighted by Gasteiger charge is -2.37. The van der Waals surface area contributed by atoms with Crippen LogP contribution in [-0.2, 0) is 0 Å². The van der Waals surface area contributed by atoms with E-state index < -0.39 is 0 Å². The SMILES string of the molecule is CN1CCCC(N)C1c1ccccc1.Cl.Cl. The summed E-state index contributed by atoms with van der Waals surface area (Å²) in [6.45, 7) is 1.16. The number of halogens is 2.